The molecule has 3 amide bonds. The summed E-state index contributed by atoms with van der Waals surface area (Å²) in [5.41, 5.74) is 1.80. The highest BCUT2D eigenvalue weighted by molar-refractivity contribution is 6.55. The largest absolute Gasteiger partial charge is 0.454 e. The lowest BCUT2D eigenvalue weighted by molar-refractivity contribution is -0.150. The van der Waals surface area contributed by atoms with Gasteiger partial charge in [-0.05, 0) is 31.9 Å². The van der Waals surface area contributed by atoms with Gasteiger partial charge in [0.05, 0.1) is 31.2 Å². The van der Waals surface area contributed by atoms with E-state index in [0.29, 0.717) is 10.6 Å². The van der Waals surface area contributed by atoms with E-state index >= 15 is 0 Å². The van der Waals surface area contributed by atoms with Crippen molar-refractivity contribution in [3.8, 4) is 0 Å². The second kappa shape index (κ2) is 9.27. The van der Waals surface area contributed by atoms with Crippen molar-refractivity contribution in [2.75, 3.05) is 11.9 Å². The quantitative estimate of drug-likeness (QED) is 0.258. The van der Waals surface area contributed by atoms with E-state index in [0.717, 1.165) is 11.1 Å². The molecule has 168 valence electrons. The lowest BCUT2D eigenvalue weighted by Gasteiger charge is -2.21. The Morgan fingerprint density at radius 3 is 1.88 bits per heavy atom. The minimum absolute atomic E-state index is 0.182. The summed E-state index contributed by atoms with van der Waals surface area (Å²) >= 11 is 24.1. The maximum absolute atomic E-state index is 12.8. The molecule has 0 radical (unpaired) electrons. The predicted molar refractivity (Wildman–Crippen MR) is 122 cm³/mol. The van der Waals surface area contributed by atoms with E-state index < -0.39 is 36.3 Å². The van der Waals surface area contributed by atoms with Crippen LogP contribution < -0.4 is 5.32 Å². The molecule has 0 fully saturated rings. The minimum atomic E-state index is -1.36. The first kappa shape index (κ1) is 24.3. The number of para-hydroxylation sites is 1. The van der Waals surface area contributed by atoms with E-state index in [1.54, 1.807) is 0 Å². The number of rotatable bonds is 5. The summed E-state index contributed by atoms with van der Waals surface area (Å²) in [4.78, 5) is 51.0. The fraction of sp³-hybridized carbons (Fsp3) is 0.238. The van der Waals surface area contributed by atoms with Crippen LogP contribution in [-0.4, -0.2) is 41.2 Å². The molecule has 1 N–H and O–H groups in total. The number of fused-ring (bicyclic) bond motifs is 1. The standard InChI is InChI=1S/C21H16Cl4N2O5/c1-8-5-4-6-9(2)18(8)26-11(28)7-32-21(31)10(3)27-19(29)12-13(20(27)30)15(23)17(25)16(24)14(12)22/h4-6,10H,7H2,1-3H3,(H,26,28)/t10-/m1/s1. The third-order valence-electron chi connectivity index (χ3n) is 4.95. The van der Waals surface area contributed by atoms with Crippen LogP contribution in [0.3, 0.4) is 0 Å². The molecule has 0 aliphatic carbocycles. The van der Waals surface area contributed by atoms with Crippen LogP contribution in [0.5, 0.6) is 0 Å². The highest BCUT2D eigenvalue weighted by atomic mass is 35.5. The molecule has 1 atom stereocenters. The molecule has 0 saturated heterocycles. The number of benzene rings is 2. The molecule has 1 heterocycles. The topological polar surface area (TPSA) is 92.8 Å². The first-order valence-electron chi connectivity index (χ1n) is 9.23. The van der Waals surface area contributed by atoms with Gasteiger partial charge in [0.2, 0.25) is 0 Å². The van der Waals surface area contributed by atoms with Gasteiger partial charge in [-0.3, -0.25) is 19.3 Å². The van der Waals surface area contributed by atoms with Crippen LogP contribution in [0, 0.1) is 13.8 Å². The van der Waals surface area contributed by atoms with Crippen LogP contribution in [0.4, 0.5) is 5.69 Å². The van der Waals surface area contributed by atoms with E-state index in [9.17, 15) is 19.2 Å². The van der Waals surface area contributed by atoms with Gasteiger partial charge in [-0.15, -0.1) is 0 Å². The molecule has 1 aliphatic heterocycles. The minimum Gasteiger partial charge on any atom is -0.454 e. The van der Waals surface area contributed by atoms with Crippen molar-refractivity contribution in [3.63, 3.8) is 0 Å². The number of amides is 3. The summed E-state index contributed by atoms with van der Waals surface area (Å²) in [5.74, 6) is -3.30. The number of imide groups is 1. The number of nitrogens with zero attached hydrogens (tertiary/aromatic N) is 1. The molecule has 1 aliphatic rings. The van der Waals surface area contributed by atoms with E-state index in [1.807, 2.05) is 32.0 Å². The van der Waals surface area contributed by atoms with Crippen molar-refractivity contribution in [1.29, 1.82) is 0 Å². The molecule has 7 nitrogen and oxygen atoms in total. The van der Waals surface area contributed by atoms with Gasteiger partial charge in [0.25, 0.3) is 17.7 Å². The number of hydrogen-bond donors (Lipinski definition) is 1. The lowest BCUT2D eigenvalue weighted by Crippen LogP contribution is -2.44. The number of halogens is 4. The third-order valence-corrected chi connectivity index (χ3v) is 6.75. The second-order valence-corrected chi connectivity index (χ2v) is 8.60. The first-order chi connectivity index (χ1) is 15.0. The molecule has 0 unspecified atom stereocenters. The summed E-state index contributed by atoms with van der Waals surface area (Å²) < 4.78 is 5.02. The Bertz CT molecular complexity index is 1110. The molecule has 11 heteroatoms. The average Bonchev–Trinajstić information content (AvgIpc) is 3.01. The average molecular weight is 518 g/mol. The Balaban J connectivity index is 1.73. The number of carbonyl (C=O) groups excluding carboxylic acids is 4. The van der Waals surface area contributed by atoms with Crippen molar-refractivity contribution in [1.82, 2.24) is 4.90 Å². The van der Waals surface area contributed by atoms with Gasteiger partial charge in [0.15, 0.2) is 6.61 Å². The number of ether oxygens (including phenoxy) is 1. The van der Waals surface area contributed by atoms with Crippen molar-refractivity contribution in [3.05, 3.63) is 60.5 Å². The summed E-state index contributed by atoms with van der Waals surface area (Å²) in [6.45, 7) is 4.32. The number of aryl methyl sites for hydroxylation is 2. The molecule has 32 heavy (non-hydrogen) atoms. The van der Waals surface area contributed by atoms with Crippen molar-refractivity contribution < 1.29 is 23.9 Å². The second-order valence-electron chi connectivity index (χ2n) is 7.08. The van der Waals surface area contributed by atoms with E-state index in [4.69, 9.17) is 51.1 Å². The smallest absolute Gasteiger partial charge is 0.329 e. The van der Waals surface area contributed by atoms with Gasteiger partial charge in [-0.2, -0.15) is 0 Å². The molecule has 0 spiro atoms. The molecule has 0 bridgehead atoms. The molecule has 2 aromatic rings. The maximum Gasteiger partial charge on any atom is 0.329 e. The van der Waals surface area contributed by atoms with E-state index in [-0.39, 0.29) is 31.2 Å². The van der Waals surface area contributed by atoms with Gasteiger partial charge in [0, 0.05) is 5.69 Å². The summed E-state index contributed by atoms with van der Waals surface area (Å²) in [6.07, 6.45) is 0. The zero-order valence-corrected chi connectivity index (χ0v) is 20.0. The Morgan fingerprint density at radius 2 is 1.41 bits per heavy atom. The van der Waals surface area contributed by atoms with Crippen LogP contribution in [0.2, 0.25) is 20.1 Å². The predicted octanol–water partition coefficient (Wildman–Crippen LogP) is 5.08. The zero-order valence-electron chi connectivity index (χ0n) is 17.0. The summed E-state index contributed by atoms with van der Waals surface area (Å²) in [6, 6.07) is 4.14. The van der Waals surface area contributed by atoms with Gasteiger partial charge < -0.3 is 10.1 Å². The molecular formula is C21H16Cl4N2O5. The van der Waals surface area contributed by atoms with Crippen LogP contribution in [0.1, 0.15) is 38.8 Å². The van der Waals surface area contributed by atoms with E-state index in [2.05, 4.69) is 5.32 Å². The number of carbonyl (C=O) groups is 4. The third kappa shape index (κ3) is 4.18. The number of nitrogens with one attached hydrogen (secondary N) is 1. The lowest BCUT2D eigenvalue weighted by atomic mass is 10.1. The van der Waals surface area contributed by atoms with Crippen molar-refractivity contribution in [2.24, 2.45) is 0 Å². The highest BCUT2D eigenvalue weighted by Crippen LogP contribution is 2.45. The first-order valence-corrected chi connectivity index (χ1v) is 10.7. The molecule has 0 saturated carbocycles. The molecule has 3 rings (SSSR count). The van der Waals surface area contributed by atoms with Crippen molar-refractivity contribution >= 4 is 75.8 Å². The Labute approximate surface area is 203 Å². The Hall–Kier alpha value is -2.32. The van der Waals surface area contributed by atoms with Crippen LogP contribution in [0.15, 0.2) is 18.2 Å². The van der Waals surface area contributed by atoms with Gasteiger partial charge in [-0.1, -0.05) is 64.6 Å². The van der Waals surface area contributed by atoms with Crippen LogP contribution in [0.25, 0.3) is 0 Å². The highest BCUT2D eigenvalue weighted by Gasteiger charge is 2.45. The van der Waals surface area contributed by atoms with Gasteiger partial charge >= 0.3 is 5.97 Å². The van der Waals surface area contributed by atoms with Gasteiger partial charge in [-0.25, -0.2) is 4.79 Å². The normalized spacial score (nSPS) is 13.8. The van der Waals surface area contributed by atoms with Gasteiger partial charge in [0.1, 0.15) is 6.04 Å². The fourth-order valence-corrected chi connectivity index (χ4v) is 4.28. The zero-order chi connectivity index (χ0) is 23.9. The monoisotopic (exact) mass is 516 g/mol. The molecule has 0 aromatic heterocycles. The summed E-state index contributed by atoms with van der Waals surface area (Å²) in [7, 11) is 0. The maximum atomic E-state index is 12.8. The Kier molecular flexibility index (Phi) is 7.05. The van der Waals surface area contributed by atoms with Crippen molar-refractivity contribution in [2.45, 2.75) is 26.8 Å². The fourth-order valence-electron chi connectivity index (χ4n) is 3.27. The molecule has 2 aromatic carbocycles. The molecular weight excluding hydrogens is 502 g/mol. The Morgan fingerprint density at radius 1 is 0.938 bits per heavy atom. The number of hydrogen-bond acceptors (Lipinski definition) is 5. The van der Waals surface area contributed by atoms with E-state index in [1.165, 1.54) is 6.92 Å². The number of anilines is 1. The number of esters is 1. The summed E-state index contributed by atoms with van der Waals surface area (Å²) in [5, 5.41) is 1.82. The van der Waals surface area contributed by atoms with Crippen LogP contribution >= 0.6 is 46.4 Å². The van der Waals surface area contributed by atoms with Crippen LogP contribution in [-0.2, 0) is 14.3 Å². The SMILES string of the molecule is Cc1cccc(C)c1NC(=O)COC(=O)[C@@H](C)N1C(=O)c2c(Cl)c(Cl)c(Cl)c(Cl)c2C1=O.